The Kier molecular flexibility index (Phi) is 6.52. The van der Waals surface area contributed by atoms with Crippen molar-refractivity contribution in [2.24, 2.45) is 0 Å². The maximum Gasteiger partial charge on any atom is 0.411 e. The predicted octanol–water partition coefficient (Wildman–Crippen LogP) is 3.08. The SMILES string of the molecule is CNCc1cccc(SCCOCC(F)(F)F)c1. The van der Waals surface area contributed by atoms with Crippen LogP contribution in [0.4, 0.5) is 13.2 Å². The fraction of sp³-hybridized carbons (Fsp3) is 0.500. The van der Waals surface area contributed by atoms with E-state index >= 15 is 0 Å². The lowest BCUT2D eigenvalue weighted by molar-refractivity contribution is -0.172. The van der Waals surface area contributed by atoms with Gasteiger partial charge in [-0.1, -0.05) is 12.1 Å². The maximum absolute atomic E-state index is 11.8. The molecule has 2 nitrogen and oxygen atoms in total. The van der Waals surface area contributed by atoms with E-state index in [-0.39, 0.29) is 6.61 Å². The monoisotopic (exact) mass is 279 g/mol. The lowest BCUT2D eigenvalue weighted by Gasteiger charge is -2.08. The average Bonchev–Trinajstić information content (AvgIpc) is 2.28. The van der Waals surface area contributed by atoms with Gasteiger partial charge < -0.3 is 10.1 Å². The molecule has 1 aromatic rings. The minimum atomic E-state index is -4.24. The zero-order chi connectivity index (χ0) is 13.4. The van der Waals surface area contributed by atoms with E-state index < -0.39 is 12.8 Å². The fourth-order valence-electron chi connectivity index (χ4n) is 1.36. The molecule has 1 aromatic carbocycles. The third kappa shape index (κ3) is 6.88. The Morgan fingerprint density at radius 3 is 2.78 bits per heavy atom. The summed E-state index contributed by atoms with van der Waals surface area (Å²) < 4.78 is 40.0. The largest absolute Gasteiger partial charge is 0.411 e. The quantitative estimate of drug-likeness (QED) is 0.612. The molecule has 0 spiro atoms. The van der Waals surface area contributed by atoms with Crippen LogP contribution in [0.15, 0.2) is 29.2 Å². The number of alkyl halides is 3. The van der Waals surface area contributed by atoms with Crippen LogP contribution in [0.1, 0.15) is 5.56 Å². The van der Waals surface area contributed by atoms with Crippen molar-refractivity contribution in [1.29, 1.82) is 0 Å². The van der Waals surface area contributed by atoms with E-state index in [4.69, 9.17) is 0 Å². The molecule has 6 heteroatoms. The van der Waals surface area contributed by atoms with Crippen molar-refractivity contribution >= 4 is 11.8 Å². The standard InChI is InChI=1S/C12H16F3NOS/c1-16-8-10-3-2-4-11(7-10)18-6-5-17-9-12(13,14)15/h2-4,7,16H,5-6,8-9H2,1H3. The summed E-state index contributed by atoms with van der Waals surface area (Å²) in [5.74, 6) is 0.513. The number of thioether (sulfide) groups is 1. The van der Waals surface area contributed by atoms with Gasteiger partial charge in [0.1, 0.15) is 6.61 Å². The summed E-state index contributed by atoms with van der Waals surface area (Å²) in [6.45, 7) is -0.299. The molecule has 1 N–H and O–H groups in total. The van der Waals surface area contributed by atoms with Crippen LogP contribution >= 0.6 is 11.8 Å². The van der Waals surface area contributed by atoms with Gasteiger partial charge in [0.25, 0.3) is 0 Å². The van der Waals surface area contributed by atoms with Crippen molar-refractivity contribution in [2.45, 2.75) is 17.6 Å². The summed E-state index contributed by atoms with van der Waals surface area (Å²) in [7, 11) is 1.87. The normalized spacial score (nSPS) is 11.8. The highest BCUT2D eigenvalue weighted by Gasteiger charge is 2.27. The number of hydrogen-bond donors (Lipinski definition) is 1. The topological polar surface area (TPSA) is 21.3 Å². The number of nitrogens with one attached hydrogen (secondary N) is 1. The highest BCUT2D eigenvalue weighted by atomic mass is 32.2. The van der Waals surface area contributed by atoms with Crippen molar-refractivity contribution < 1.29 is 17.9 Å². The van der Waals surface area contributed by atoms with Gasteiger partial charge in [0, 0.05) is 17.2 Å². The van der Waals surface area contributed by atoms with Crippen molar-refractivity contribution in [2.75, 3.05) is 26.0 Å². The van der Waals surface area contributed by atoms with E-state index in [0.29, 0.717) is 5.75 Å². The van der Waals surface area contributed by atoms with E-state index in [1.165, 1.54) is 11.8 Å². The Balaban J connectivity index is 2.24. The molecule has 0 atom stereocenters. The van der Waals surface area contributed by atoms with Crippen molar-refractivity contribution in [1.82, 2.24) is 5.32 Å². The van der Waals surface area contributed by atoms with Crippen LogP contribution in [0.3, 0.4) is 0 Å². The van der Waals surface area contributed by atoms with Gasteiger partial charge in [0.2, 0.25) is 0 Å². The summed E-state index contributed by atoms with van der Waals surface area (Å²) >= 11 is 1.49. The van der Waals surface area contributed by atoms with Gasteiger partial charge >= 0.3 is 6.18 Å². The van der Waals surface area contributed by atoms with Crippen LogP contribution < -0.4 is 5.32 Å². The van der Waals surface area contributed by atoms with E-state index in [0.717, 1.165) is 17.0 Å². The molecule has 0 aliphatic heterocycles. The maximum atomic E-state index is 11.8. The van der Waals surface area contributed by atoms with Crippen LogP contribution in [0.25, 0.3) is 0 Å². The molecule has 0 bridgehead atoms. The lowest BCUT2D eigenvalue weighted by Crippen LogP contribution is -2.17. The van der Waals surface area contributed by atoms with Gasteiger partial charge in [-0.3, -0.25) is 0 Å². The predicted molar refractivity (Wildman–Crippen MR) is 66.8 cm³/mol. The Labute approximate surface area is 109 Å². The molecule has 102 valence electrons. The summed E-state index contributed by atoms with van der Waals surface area (Å²) in [4.78, 5) is 1.04. The number of hydrogen-bond acceptors (Lipinski definition) is 3. The summed E-state index contributed by atoms with van der Waals surface area (Å²) in [5.41, 5.74) is 1.15. The van der Waals surface area contributed by atoms with Crippen LogP contribution in [-0.4, -0.2) is 32.2 Å². The van der Waals surface area contributed by atoms with Gasteiger partial charge in [-0.15, -0.1) is 11.8 Å². The minimum Gasteiger partial charge on any atom is -0.371 e. The van der Waals surface area contributed by atoms with Crippen LogP contribution in [-0.2, 0) is 11.3 Å². The second-order valence-electron chi connectivity index (χ2n) is 3.69. The first-order valence-corrected chi connectivity index (χ1v) is 6.50. The van der Waals surface area contributed by atoms with Gasteiger partial charge in [-0.25, -0.2) is 0 Å². The van der Waals surface area contributed by atoms with Crippen LogP contribution in [0, 0.1) is 0 Å². The van der Waals surface area contributed by atoms with Crippen molar-refractivity contribution in [3.05, 3.63) is 29.8 Å². The zero-order valence-corrected chi connectivity index (χ0v) is 10.9. The first kappa shape index (κ1) is 15.3. The van der Waals surface area contributed by atoms with Crippen LogP contribution in [0.2, 0.25) is 0 Å². The molecule has 0 amide bonds. The van der Waals surface area contributed by atoms with E-state index in [2.05, 4.69) is 10.1 Å². The lowest BCUT2D eigenvalue weighted by atomic mass is 10.2. The number of rotatable bonds is 7. The number of ether oxygens (including phenoxy) is 1. The molecule has 0 aliphatic carbocycles. The molecule has 0 fully saturated rings. The van der Waals surface area contributed by atoms with Gasteiger partial charge in [0.05, 0.1) is 6.61 Å². The Morgan fingerprint density at radius 1 is 1.33 bits per heavy atom. The average molecular weight is 279 g/mol. The van der Waals surface area contributed by atoms with Gasteiger partial charge in [-0.05, 0) is 24.7 Å². The van der Waals surface area contributed by atoms with E-state index in [1.807, 2.05) is 31.3 Å². The van der Waals surface area contributed by atoms with Crippen LogP contribution in [0.5, 0.6) is 0 Å². The smallest absolute Gasteiger partial charge is 0.371 e. The minimum absolute atomic E-state index is 0.0977. The molecular formula is C12H16F3NOS. The van der Waals surface area contributed by atoms with E-state index in [9.17, 15) is 13.2 Å². The second-order valence-corrected chi connectivity index (χ2v) is 4.86. The first-order chi connectivity index (χ1) is 8.51. The summed E-state index contributed by atoms with van der Waals surface area (Å²) in [5, 5.41) is 3.05. The van der Waals surface area contributed by atoms with Crippen molar-refractivity contribution in [3.8, 4) is 0 Å². The molecule has 0 aromatic heterocycles. The Morgan fingerprint density at radius 2 is 2.11 bits per heavy atom. The van der Waals surface area contributed by atoms with Crippen molar-refractivity contribution in [3.63, 3.8) is 0 Å². The highest BCUT2D eigenvalue weighted by Crippen LogP contribution is 2.19. The van der Waals surface area contributed by atoms with Gasteiger partial charge in [0.15, 0.2) is 0 Å². The molecule has 0 aliphatic rings. The Bertz CT molecular complexity index is 357. The zero-order valence-electron chi connectivity index (χ0n) is 10.1. The molecule has 0 heterocycles. The molecule has 0 saturated carbocycles. The third-order valence-electron chi connectivity index (χ3n) is 2.04. The molecular weight excluding hydrogens is 263 g/mol. The summed E-state index contributed by atoms with van der Waals surface area (Å²) in [6, 6.07) is 7.89. The molecule has 0 unspecified atom stereocenters. The molecule has 0 saturated heterocycles. The second kappa shape index (κ2) is 7.66. The fourth-order valence-corrected chi connectivity index (χ4v) is 2.20. The Hall–Kier alpha value is -0.720. The molecule has 18 heavy (non-hydrogen) atoms. The first-order valence-electron chi connectivity index (χ1n) is 5.52. The van der Waals surface area contributed by atoms with E-state index in [1.54, 1.807) is 0 Å². The summed E-state index contributed by atoms with van der Waals surface area (Å²) in [6.07, 6.45) is -4.24. The third-order valence-corrected chi connectivity index (χ3v) is 3.00. The highest BCUT2D eigenvalue weighted by molar-refractivity contribution is 7.99. The number of halogens is 3. The van der Waals surface area contributed by atoms with Gasteiger partial charge in [-0.2, -0.15) is 13.2 Å². The number of benzene rings is 1. The molecule has 0 radical (unpaired) electrons. The molecule has 1 rings (SSSR count).